The maximum Gasteiger partial charge on any atom is 0.257 e. The Kier molecular flexibility index (Phi) is 7.30. The van der Waals surface area contributed by atoms with Crippen molar-refractivity contribution in [2.45, 2.75) is 12.7 Å². The standard InChI is InChI=1S/C18H20ClNO2S/c1-14-11-16(7-8-17(14)19)22-12-18(21)20-9-10-23-13-15-5-3-2-4-6-15/h2-8,11H,9-10,12-13H2,1H3,(H,20,21). The molecule has 2 aromatic rings. The van der Waals surface area contributed by atoms with Crippen LogP contribution in [0.5, 0.6) is 5.75 Å². The van der Waals surface area contributed by atoms with Crippen LogP contribution in [0.4, 0.5) is 0 Å². The number of nitrogens with one attached hydrogen (secondary N) is 1. The lowest BCUT2D eigenvalue weighted by Gasteiger charge is -2.08. The first-order chi connectivity index (χ1) is 11.1. The van der Waals surface area contributed by atoms with Crippen molar-refractivity contribution in [1.29, 1.82) is 0 Å². The second-order valence-corrected chi connectivity index (χ2v) is 6.60. The Morgan fingerprint density at radius 3 is 2.74 bits per heavy atom. The SMILES string of the molecule is Cc1cc(OCC(=O)NCCSCc2ccccc2)ccc1Cl. The van der Waals surface area contributed by atoms with Gasteiger partial charge in [0.1, 0.15) is 5.75 Å². The van der Waals surface area contributed by atoms with Gasteiger partial charge in [0, 0.05) is 23.1 Å². The lowest BCUT2D eigenvalue weighted by atomic mass is 10.2. The number of benzene rings is 2. The van der Waals surface area contributed by atoms with E-state index >= 15 is 0 Å². The van der Waals surface area contributed by atoms with Gasteiger partial charge in [-0.1, -0.05) is 41.9 Å². The van der Waals surface area contributed by atoms with Crippen LogP contribution in [0.1, 0.15) is 11.1 Å². The lowest BCUT2D eigenvalue weighted by Crippen LogP contribution is -2.30. The Morgan fingerprint density at radius 2 is 2.00 bits per heavy atom. The molecule has 0 saturated heterocycles. The van der Waals surface area contributed by atoms with Crippen molar-refractivity contribution in [3.8, 4) is 5.75 Å². The van der Waals surface area contributed by atoms with Crippen LogP contribution in [0.3, 0.4) is 0 Å². The summed E-state index contributed by atoms with van der Waals surface area (Å²) in [5.41, 5.74) is 2.23. The molecule has 0 bridgehead atoms. The van der Waals surface area contributed by atoms with E-state index in [1.807, 2.05) is 31.2 Å². The van der Waals surface area contributed by atoms with Gasteiger partial charge in [-0.2, -0.15) is 11.8 Å². The second kappa shape index (κ2) is 9.48. The summed E-state index contributed by atoms with van der Waals surface area (Å²) >= 11 is 7.74. The van der Waals surface area contributed by atoms with Gasteiger partial charge in [-0.15, -0.1) is 0 Å². The molecule has 5 heteroatoms. The van der Waals surface area contributed by atoms with E-state index < -0.39 is 0 Å². The molecule has 0 heterocycles. The van der Waals surface area contributed by atoms with E-state index in [1.165, 1.54) is 5.56 Å². The van der Waals surface area contributed by atoms with E-state index in [1.54, 1.807) is 23.9 Å². The Morgan fingerprint density at radius 1 is 1.22 bits per heavy atom. The van der Waals surface area contributed by atoms with Gasteiger partial charge in [-0.25, -0.2) is 0 Å². The van der Waals surface area contributed by atoms with Crippen molar-refractivity contribution in [3.05, 3.63) is 64.7 Å². The van der Waals surface area contributed by atoms with Gasteiger partial charge in [0.15, 0.2) is 6.61 Å². The number of hydrogen-bond donors (Lipinski definition) is 1. The van der Waals surface area contributed by atoms with Crippen molar-refractivity contribution in [3.63, 3.8) is 0 Å². The predicted molar refractivity (Wildman–Crippen MR) is 97.3 cm³/mol. The maximum atomic E-state index is 11.7. The van der Waals surface area contributed by atoms with E-state index in [4.69, 9.17) is 16.3 Å². The second-order valence-electron chi connectivity index (χ2n) is 5.09. The number of thioether (sulfide) groups is 1. The molecule has 0 unspecified atom stereocenters. The zero-order valence-corrected chi connectivity index (χ0v) is 14.6. The highest BCUT2D eigenvalue weighted by atomic mass is 35.5. The van der Waals surface area contributed by atoms with Crippen molar-refractivity contribution in [1.82, 2.24) is 5.32 Å². The third kappa shape index (κ3) is 6.55. The molecule has 3 nitrogen and oxygen atoms in total. The molecule has 0 saturated carbocycles. The number of carbonyl (C=O) groups is 1. The molecule has 1 amide bonds. The van der Waals surface area contributed by atoms with E-state index in [0.717, 1.165) is 17.1 Å². The molecule has 0 radical (unpaired) electrons. The van der Waals surface area contributed by atoms with Gasteiger partial charge in [-0.3, -0.25) is 4.79 Å². The predicted octanol–water partition coefficient (Wildman–Crippen LogP) is 4.08. The minimum absolute atomic E-state index is 0.0183. The molecule has 0 aliphatic rings. The van der Waals surface area contributed by atoms with Crippen LogP contribution in [-0.2, 0) is 10.5 Å². The van der Waals surface area contributed by atoms with E-state index in [9.17, 15) is 4.79 Å². The molecule has 2 aromatic carbocycles. The summed E-state index contributed by atoms with van der Waals surface area (Å²) in [4.78, 5) is 11.7. The molecule has 0 spiro atoms. The average molecular weight is 350 g/mol. The Balaban J connectivity index is 1.59. The first kappa shape index (κ1) is 17.7. The molecule has 0 atom stereocenters. The summed E-state index contributed by atoms with van der Waals surface area (Å²) < 4.78 is 5.45. The molecular weight excluding hydrogens is 330 g/mol. The Bertz CT molecular complexity index is 634. The van der Waals surface area contributed by atoms with Crippen molar-refractivity contribution >= 4 is 29.3 Å². The first-order valence-corrected chi connectivity index (χ1v) is 8.96. The topological polar surface area (TPSA) is 38.3 Å². The summed E-state index contributed by atoms with van der Waals surface area (Å²) in [6.07, 6.45) is 0. The Hall–Kier alpha value is -1.65. The van der Waals surface area contributed by atoms with Gasteiger partial charge in [0.25, 0.3) is 5.91 Å². The van der Waals surface area contributed by atoms with Crippen LogP contribution in [0.15, 0.2) is 48.5 Å². The lowest BCUT2D eigenvalue weighted by molar-refractivity contribution is -0.122. The van der Waals surface area contributed by atoms with Crippen molar-refractivity contribution < 1.29 is 9.53 Å². The molecule has 0 fully saturated rings. The van der Waals surface area contributed by atoms with E-state index in [2.05, 4.69) is 17.4 Å². The molecular formula is C18H20ClNO2S. The maximum absolute atomic E-state index is 11.7. The molecule has 0 aliphatic carbocycles. The summed E-state index contributed by atoms with van der Waals surface area (Å²) in [7, 11) is 0. The minimum atomic E-state index is -0.113. The summed E-state index contributed by atoms with van der Waals surface area (Å²) in [5, 5.41) is 3.55. The van der Waals surface area contributed by atoms with Crippen LogP contribution in [-0.4, -0.2) is 24.8 Å². The zero-order valence-electron chi connectivity index (χ0n) is 13.0. The normalized spacial score (nSPS) is 10.3. The number of rotatable bonds is 8. The molecule has 0 aromatic heterocycles. The third-order valence-electron chi connectivity index (χ3n) is 3.18. The van der Waals surface area contributed by atoms with Crippen LogP contribution in [0.2, 0.25) is 5.02 Å². The number of amides is 1. The van der Waals surface area contributed by atoms with E-state index in [0.29, 0.717) is 17.3 Å². The fourth-order valence-corrected chi connectivity index (χ4v) is 2.87. The molecule has 0 aliphatic heterocycles. The summed E-state index contributed by atoms with van der Waals surface area (Å²) in [5.74, 6) is 2.37. The Labute approximate surface area is 146 Å². The molecule has 1 N–H and O–H groups in total. The minimum Gasteiger partial charge on any atom is -0.484 e. The monoisotopic (exact) mass is 349 g/mol. The number of ether oxygens (including phenoxy) is 1. The highest BCUT2D eigenvalue weighted by Gasteiger charge is 2.04. The van der Waals surface area contributed by atoms with Gasteiger partial charge >= 0.3 is 0 Å². The van der Waals surface area contributed by atoms with Crippen LogP contribution < -0.4 is 10.1 Å². The molecule has 122 valence electrons. The van der Waals surface area contributed by atoms with Crippen molar-refractivity contribution in [2.24, 2.45) is 0 Å². The third-order valence-corrected chi connectivity index (χ3v) is 4.63. The molecule has 23 heavy (non-hydrogen) atoms. The largest absolute Gasteiger partial charge is 0.484 e. The van der Waals surface area contributed by atoms with Crippen molar-refractivity contribution in [2.75, 3.05) is 18.9 Å². The highest BCUT2D eigenvalue weighted by molar-refractivity contribution is 7.98. The first-order valence-electron chi connectivity index (χ1n) is 7.42. The smallest absolute Gasteiger partial charge is 0.257 e. The number of hydrogen-bond acceptors (Lipinski definition) is 3. The summed E-state index contributed by atoms with van der Waals surface area (Å²) in [6, 6.07) is 15.6. The highest BCUT2D eigenvalue weighted by Crippen LogP contribution is 2.20. The van der Waals surface area contributed by atoms with Gasteiger partial charge in [0.05, 0.1) is 0 Å². The van der Waals surface area contributed by atoms with Gasteiger partial charge < -0.3 is 10.1 Å². The quantitative estimate of drug-likeness (QED) is 0.730. The van der Waals surface area contributed by atoms with E-state index in [-0.39, 0.29) is 12.5 Å². The number of carbonyl (C=O) groups excluding carboxylic acids is 1. The van der Waals surface area contributed by atoms with Gasteiger partial charge in [-0.05, 0) is 36.2 Å². The number of aryl methyl sites for hydroxylation is 1. The summed E-state index contributed by atoms with van der Waals surface area (Å²) in [6.45, 7) is 2.56. The molecule has 2 rings (SSSR count). The van der Waals surface area contributed by atoms with Crippen LogP contribution >= 0.6 is 23.4 Å². The van der Waals surface area contributed by atoms with Crippen LogP contribution in [0.25, 0.3) is 0 Å². The zero-order chi connectivity index (χ0) is 16.5. The van der Waals surface area contributed by atoms with Crippen LogP contribution in [0, 0.1) is 6.92 Å². The van der Waals surface area contributed by atoms with Gasteiger partial charge in [0.2, 0.25) is 0 Å². The fraction of sp³-hybridized carbons (Fsp3) is 0.278. The fourth-order valence-electron chi connectivity index (χ4n) is 1.93. The average Bonchev–Trinajstić information content (AvgIpc) is 2.56. The number of halogens is 1.